The first kappa shape index (κ1) is 14.0. The second kappa shape index (κ2) is 6.62. The van der Waals surface area contributed by atoms with Crippen LogP contribution >= 0.6 is 11.6 Å². The first-order chi connectivity index (χ1) is 8.04. The fourth-order valence-electron chi connectivity index (χ4n) is 1.68. The molecule has 0 bridgehead atoms. The average Bonchev–Trinajstić information content (AvgIpc) is 2.34. The molecule has 94 valence electrons. The van der Waals surface area contributed by atoms with Gasteiger partial charge in [-0.25, -0.2) is 0 Å². The van der Waals surface area contributed by atoms with Crippen molar-refractivity contribution < 1.29 is 9.53 Å². The lowest BCUT2D eigenvalue weighted by atomic mass is 9.94. The highest BCUT2D eigenvalue weighted by molar-refractivity contribution is 6.30. The third kappa shape index (κ3) is 4.36. The van der Waals surface area contributed by atoms with E-state index in [9.17, 15) is 4.79 Å². The number of carbonyl (C=O) groups is 1. The van der Waals surface area contributed by atoms with Crippen molar-refractivity contribution in [2.45, 2.75) is 31.7 Å². The monoisotopic (exact) mass is 255 g/mol. The van der Waals surface area contributed by atoms with Crippen LogP contribution in [0, 0.1) is 0 Å². The van der Waals surface area contributed by atoms with Crippen molar-refractivity contribution in [3.05, 3.63) is 34.9 Å². The van der Waals surface area contributed by atoms with E-state index < -0.39 is 6.04 Å². The Morgan fingerprint density at radius 2 is 2.18 bits per heavy atom. The molecule has 0 amide bonds. The molecule has 1 aromatic rings. The molecular weight excluding hydrogens is 238 g/mol. The van der Waals surface area contributed by atoms with Crippen molar-refractivity contribution in [1.29, 1.82) is 0 Å². The third-order valence-corrected chi connectivity index (χ3v) is 3.07. The summed E-state index contributed by atoms with van der Waals surface area (Å²) >= 11 is 5.93. The predicted molar refractivity (Wildman–Crippen MR) is 69.1 cm³/mol. The van der Waals surface area contributed by atoms with Crippen LogP contribution in [0.2, 0.25) is 5.02 Å². The Balaban J connectivity index is 2.50. The van der Waals surface area contributed by atoms with Crippen molar-refractivity contribution in [2.24, 2.45) is 5.73 Å². The van der Waals surface area contributed by atoms with E-state index in [1.807, 2.05) is 24.3 Å². The van der Waals surface area contributed by atoms with Crippen LogP contribution in [-0.2, 0) is 9.53 Å². The SMILES string of the molecule is COC(=O)C(N)CCC(C)c1cccc(Cl)c1. The second-order valence-electron chi connectivity index (χ2n) is 4.16. The average molecular weight is 256 g/mol. The summed E-state index contributed by atoms with van der Waals surface area (Å²) in [7, 11) is 1.35. The number of hydrogen-bond acceptors (Lipinski definition) is 3. The fraction of sp³-hybridized carbons (Fsp3) is 0.462. The van der Waals surface area contributed by atoms with Gasteiger partial charge in [0.1, 0.15) is 6.04 Å². The molecule has 0 spiro atoms. The van der Waals surface area contributed by atoms with Crippen LogP contribution in [0.1, 0.15) is 31.2 Å². The van der Waals surface area contributed by atoms with E-state index in [0.29, 0.717) is 12.3 Å². The first-order valence-electron chi connectivity index (χ1n) is 5.63. The lowest BCUT2D eigenvalue weighted by Crippen LogP contribution is -2.31. The van der Waals surface area contributed by atoms with Gasteiger partial charge in [-0.3, -0.25) is 4.79 Å². The van der Waals surface area contributed by atoms with Gasteiger partial charge in [0.25, 0.3) is 0 Å². The maximum atomic E-state index is 11.1. The van der Waals surface area contributed by atoms with Crippen molar-refractivity contribution in [1.82, 2.24) is 0 Å². The molecule has 0 aliphatic rings. The summed E-state index contributed by atoms with van der Waals surface area (Å²) in [5.41, 5.74) is 6.85. The summed E-state index contributed by atoms with van der Waals surface area (Å²) in [6, 6.07) is 7.20. The van der Waals surface area contributed by atoms with Gasteiger partial charge in [0.15, 0.2) is 0 Å². The maximum Gasteiger partial charge on any atom is 0.322 e. The highest BCUT2D eigenvalue weighted by atomic mass is 35.5. The highest BCUT2D eigenvalue weighted by Crippen LogP contribution is 2.23. The zero-order chi connectivity index (χ0) is 12.8. The molecular formula is C13H18ClNO2. The molecule has 0 aromatic heterocycles. The summed E-state index contributed by atoms with van der Waals surface area (Å²) in [5.74, 6) is -0.0345. The van der Waals surface area contributed by atoms with Crippen LogP contribution in [0.25, 0.3) is 0 Å². The van der Waals surface area contributed by atoms with E-state index in [0.717, 1.165) is 17.0 Å². The zero-order valence-electron chi connectivity index (χ0n) is 10.2. The van der Waals surface area contributed by atoms with Crippen molar-refractivity contribution in [3.8, 4) is 0 Å². The number of benzene rings is 1. The molecule has 0 saturated heterocycles. The van der Waals surface area contributed by atoms with Crippen LogP contribution in [0.3, 0.4) is 0 Å². The summed E-state index contributed by atoms with van der Waals surface area (Å²) in [5, 5.41) is 0.728. The minimum atomic E-state index is -0.540. The number of esters is 1. The summed E-state index contributed by atoms with van der Waals surface area (Å²) in [6.45, 7) is 2.09. The molecule has 4 heteroatoms. The van der Waals surface area contributed by atoms with Crippen molar-refractivity contribution in [2.75, 3.05) is 7.11 Å². The van der Waals surface area contributed by atoms with Gasteiger partial charge < -0.3 is 10.5 Å². The largest absolute Gasteiger partial charge is 0.468 e. The van der Waals surface area contributed by atoms with Gasteiger partial charge >= 0.3 is 5.97 Å². The number of rotatable bonds is 5. The Kier molecular flexibility index (Phi) is 5.45. The lowest BCUT2D eigenvalue weighted by molar-refractivity contribution is -0.142. The Hall–Kier alpha value is -1.06. The molecule has 1 aromatic carbocycles. The van der Waals surface area contributed by atoms with Gasteiger partial charge in [-0.1, -0.05) is 30.7 Å². The van der Waals surface area contributed by atoms with E-state index >= 15 is 0 Å². The number of nitrogens with two attached hydrogens (primary N) is 1. The number of methoxy groups -OCH3 is 1. The fourth-order valence-corrected chi connectivity index (χ4v) is 1.88. The predicted octanol–water partition coefficient (Wildman–Crippen LogP) is 2.72. The Bertz CT molecular complexity index is 381. The van der Waals surface area contributed by atoms with Crippen LogP contribution in [0.5, 0.6) is 0 Å². The Labute approximate surface area is 107 Å². The van der Waals surface area contributed by atoms with Gasteiger partial charge in [-0.2, -0.15) is 0 Å². The smallest absolute Gasteiger partial charge is 0.322 e. The van der Waals surface area contributed by atoms with Gasteiger partial charge in [0.05, 0.1) is 7.11 Å². The van der Waals surface area contributed by atoms with Crippen LogP contribution in [0.4, 0.5) is 0 Å². The molecule has 2 N–H and O–H groups in total. The molecule has 0 saturated carbocycles. The molecule has 0 radical (unpaired) electrons. The Morgan fingerprint density at radius 3 is 2.76 bits per heavy atom. The molecule has 2 atom stereocenters. The lowest BCUT2D eigenvalue weighted by Gasteiger charge is -2.14. The van der Waals surface area contributed by atoms with Gasteiger partial charge in [-0.05, 0) is 36.5 Å². The highest BCUT2D eigenvalue weighted by Gasteiger charge is 2.15. The van der Waals surface area contributed by atoms with E-state index in [1.165, 1.54) is 7.11 Å². The number of ether oxygens (including phenoxy) is 1. The number of carbonyl (C=O) groups excluding carboxylic acids is 1. The molecule has 0 aliphatic heterocycles. The van der Waals surface area contributed by atoms with E-state index in [-0.39, 0.29) is 5.97 Å². The van der Waals surface area contributed by atoms with E-state index in [1.54, 1.807) is 0 Å². The minimum absolute atomic E-state index is 0.324. The molecule has 0 heterocycles. The molecule has 0 fully saturated rings. The second-order valence-corrected chi connectivity index (χ2v) is 4.60. The van der Waals surface area contributed by atoms with Gasteiger partial charge in [0, 0.05) is 5.02 Å². The number of hydrogen-bond donors (Lipinski definition) is 1. The molecule has 0 aliphatic carbocycles. The van der Waals surface area contributed by atoms with Crippen LogP contribution in [0.15, 0.2) is 24.3 Å². The van der Waals surface area contributed by atoms with Crippen molar-refractivity contribution >= 4 is 17.6 Å². The molecule has 1 rings (SSSR count). The van der Waals surface area contributed by atoms with Gasteiger partial charge in [0.2, 0.25) is 0 Å². The first-order valence-corrected chi connectivity index (χ1v) is 6.01. The van der Waals surface area contributed by atoms with Gasteiger partial charge in [-0.15, -0.1) is 0 Å². The summed E-state index contributed by atoms with van der Waals surface area (Å²) in [6.07, 6.45) is 1.44. The topological polar surface area (TPSA) is 52.3 Å². The maximum absolute atomic E-state index is 11.1. The standard InChI is InChI=1S/C13H18ClNO2/c1-9(6-7-12(15)13(16)17-2)10-4-3-5-11(14)8-10/h3-5,8-9,12H,6-7,15H2,1-2H3. The molecule has 17 heavy (non-hydrogen) atoms. The zero-order valence-corrected chi connectivity index (χ0v) is 10.9. The van der Waals surface area contributed by atoms with Crippen LogP contribution < -0.4 is 5.73 Å². The van der Waals surface area contributed by atoms with E-state index in [4.69, 9.17) is 17.3 Å². The quantitative estimate of drug-likeness (QED) is 0.823. The molecule has 3 nitrogen and oxygen atoms in total. The van der Waals surface area contributed by atoms with Crippen molar-refractivity contribution in [3.63, 3.8) is 0 Å². The Morgan fingerprint density at radius 1 is 1.47 bits per heavy atom. The summed E-state index contributed by atoms with van der Waals surface area (Å²) < 4.78 is 4.58. The van der Waals surface area contributed by atoms with Crippen LogP contribution in [-0.4, -0.2) is 19.1 Å². The summed E-state index contributed by atoms with van der Waals surface area (Å²) in [4.78, 5) is 11.1. The van der Waals surface area contributed by atoms with E-state index in [2.05, 4.69) is 11.7 Å². The minimum Gasteiger partial charge on any atom is -0.468 e. The normalized spacial score (nSPS) is 14.1. The third-order valence-electron chi connectivity index (χ3n) is 2.83. The molecule has 2 unspecified atom stereocenters. The number of halogens is 1.